The lowest BCUT2D eigenvalue weighted by molar-refractivity contribution is -0.139. The van der Waals surface area contributed by atoms with E-state index in [9.17, 15) is 13.2 Å². The molecule has 0 saturated carbocycles. The van der Waals surface area contributed by atoms with E-state index < -0.39 is 22.4 Å². The number of aliphatic carboxylic acids is 1. The first-order valence-electron chi connectivity index (χ1n) is 7.53. The van der Waals surface area contributed by atoms with E-state index in [1.807, 2.05) is 26.0 Å². The van der Waals surface area contributed by atoms with Crippen LogP contribution >= 0.6 is 0 Å². The molecule has 0 fully saturated rings. The molecule has 0 amide bonds. The van der Waals surface area contributed by atoms with Gasteiger partial charge in [-0.15, -0.1) is 0 Å². The summed E-state index contributed by atoms with van der Waals surface area (Å²) in [5.74, 6) is -0.553. The van der Waals surface area contributed by atoms with Gasteiger partial charge in [-0.3, -0.25) is 0 Å². The molecule has 0 aliphatic heterocycles. The van der Waals surface area contributed by atoms with Crippen LogP contribution in [-0.4, -0.2) is 31.9 Å². The Labute approximate surface area is 141 Å². The molecule has 5 nitrogen and oxygen atoms in total. The zero-order valence-corrected chi connectivity index (χ0v) is 14.7. The maximum absolute atomic E-state index is 12.0. The van der Waals surface area contributed by atoms with Crippen LogP contribution in [0.25, 0.3) is 11.1 Å². The highest BCUT2D eigenvalue weighted by Gasteiger charge is 2.15. The predicted molar refractivity (Wildman–Crippen MR) is 92.2 cm³/mol. The molecule has 0 aromatic heterocycles. The molecule has 1 N–H and O–H groups in total. The number of aryl methyl sites for hydroxylation is 2. The number of sulfone groups is 1. The van der Waals surface area contributed by atoms with E-state index in [0.717, 1.165) is 22.3 Å². The second-order valence-electron chi connectivity index (χ2n) is 5.56. The van der Waals surface area contributed by atoms with Crippen molar-refractivity contribution in [1.82, 2.24) is 0 Å². The first-order valence-corrected chi connectivity index (χ1v) is 9.19. The molecular weight excluding hydrogens is 328 g/mol. The summed E-state index contributed by atoms with van der Waals surface area (Å²) >= 11 is 0. The lowest BCUT2D eigenvalue weighted by Gasteiger charge is -2.14. The number of carboxylic acids is 1. The molecule has 24 heavy (non-hydrogen) atoms. The van der Waals surface area contributed by atoms with Crippen molar-refractivity contribution in [3.63, 3.8) is 0 Å². The fraction of sp³-hybridized carbons (Fsp3) is 0.278. The van der Waals surface area contributed by atoms with Crippen LogP contribution in [0.4, 0.5) is 0 Å². The van der Waals surface area contributed by atoms with Crippen molar-refractivity contribution in [2.75, 3.05) is 12.4 Å². The molecule has 2 rings (SSSR count). The van der Waals surface area contributed by atoms with Gasteiger partial charge in [0, 0.05) is 5.56 Å². The predicted octanol–water partition coefficient (Wildman–Crippen LogP) is 3.23. The van der Waals surface area contributed by atoms with Crippen LogP contribution in [0.2, 0.25) is 0 Å². The third-order valence-corrected chi connectivity index (χ3v) is 5.45. The van der Waals surface area contributed by atoms with Gasteiger partial charge in [-0.2, -0.15) is 0 Å². The van der Waals surface area contributed by atoms with Gasteiger partial charge in [0.1, 0.15) is 5.75 Å². The smallest absolute Gasteiger partial charge is 0.341 e. The maximum atomic E-state index is 12.0. The van der Waals surface area contributed by atoms with Gasteiger partial charge < -0.3 is 9.84 Å². The fourth-order valence-corrected chi connectivity index (χ4v) is 3.38. The van der Waals surface area contributed by atoms with Gasteiger partial charge in [0.15, 0.2) is 16.4 Å². The number of benzene rings is 2. The van der Waals surface area contributed by atoms with Crippen molar-refractivity contribution in [1.29, 1.82) is 0 Å². The monoisotopic (exact) mass is 348 g/mol. The Hall–Kier alpha value is -2.34. The number of carboxylic acid groups (broad SMARTS) is 1. The Balaban J connectivity index is 2.52. The zero-order chi connectivity index (χ0) is 17.9. The summed E-state index contributed by atoms with van der Waals surface area (Å²) < 4.78 is 29.4. The minimum Gasteiger partial charge on any atom is -0.481 e. The second kappa shape index (κ2) is 7.05. The normalized spacial score (nSPS) is 11.3. The third-order valence-electron chi connectivity index (χ3n) is 3.71. The van der Waals surface area contributed by atoms with Gasteiger partial charge in [-0.1, -0.05) is 24.6 Å². The van der Waals surface area contributed by atoms with E-state index in [4.69, 9.17) is 9.84 Å². The average Bonchev–Trinajstić information content (AvgIpc) is 2.53. The number of hydrogen-bond acceptors (Lipinski definition) is 4. The van der Waals surface area contributed by atoms with Crippen LogP contribution in [0.1, 0.15) is 18.1 Å². The van der Waals surface area contributed by atoms with Crippen molar-refractivity contribution >= 4 is 15.8 Å². The molecule has 6 heteroatoms. The molecule has 2 aromatic carbocycles. The molecule has 0 aliphatic carbocycles. The summed E-state index contributed by atoms with van der Waals surface area (Å²) in [7, 11) is -3.27. The summed E-state index contributed by atoms with van der Waals surface area (Å²) in [6, 6.07) is 10.4. The van der Waals surface area contributed by atoms with Crippen molar-refractivity contribution in [2.24, 2.45) is 0 Å². The molecule has 0 spiro atoms. The molecule has 0 radical (unpaired) electrons. The van der Waals surface area contributed by atoms with Crippen LogP contribution in [0.15, 0.2) is 41.3 Å². The molecule has 0 unspecified atom stereocenters. The summed E-state index contributed by atoms with van der Waals surface area (Å²) in [5.41, 5.74) is 3.34. The Bertz CT molecular complexity index is 869. The van der Waals surface area contributed by atoms with Gasteiger partial charge in [0.2, 0.25) is 0 Å². The molecular formula is C18H20O5S. The number of hydrogen-bond donors (Lipinski definition) is 1. The summed E-state index contributed by atoms with van der Waals surface area (Å²) in [4.78, 5) is 11.0. The van der Waals surface area contributed by atoms with Gasteiger partial charge in [-0.05, 0) is 49.2 Å². The van der Waals surface area contributed by atoms with Crippen molar-refractivity contribution < 1.29 is 23.1 Å². The molecule has 0 heterocycles. The first kappa shape index (κ1) is 18.0. The summed E-state index contributed by atoms with van der Waals surface area (Å²) in [6.07, 6.45) is 0. The van der Waals surface area contributed by atoms with E-state index >= 15 is 0 Å². The van der Waals surface area contributed by atoms with E-state index in [2.05, 4.69) is 0 Å². The minimum absolute atomic E-state index is 0.0448. The number of ether oxygens (including phenoxy) is 1. The molecule has 128 valence electrons. The fourth-order valence-electron chi connectivity index (χ4n) is 2.42. The van der Waals surface area contributed by atoms with E-state index in [1.165, 1.54) is 0 Å². The number of rotatable bonds is 6. The third kappa shape index (κ3) is 3.94. The summed E-state index contributed by atoms with van der Waals surface area (Å²) in [6.45, 7) is 4.93. The van der Waals surface area contributed by atoms with Gasteiger partial charge >= 0.3 is 5.97 Å². The van der Waals surface area contributed by atoms with E-state index in [1.54, 1.807) is 31.2 Å². The van der Waals surface area contributed by atoms with Crippen LogP contribution in [0, 0.1) is 13.8 Å². The van der Waals surface area contributed by atoms with E-state index in [0.29, 0.717) is 5.75 Å². The molecule has 2 aromatic rings. The molecule has 0 aliphatic rings. The highest BCUT2D eigenvalue weighted by atomic mass is 32.2. The highest BCUT2D eigenvalue weighted by Crippen LogP contribution is 2.34. The zero-order valence-electron chi connectivity index (χ0n) is 13.9. The standard InChI is InChI=1S/C18H20O5S/c1-4-24(21,22)14-6-7-15(13(3)10-14)16-9-12(2)5-8-17(16)23-11-18(19)20/h5-10H,4,11H2,1-3H3,(H,19,20). The van der Waals surface area contributed by atoms with Gasteiger partial charge in [0.25, 0.3) is 0 Å². The van der Waals surface area contributed by atoms with Crippen molar-refractivity contribution in [3.8, 4) is 16.9 Å². The minimum atomic E-state index is -3.27. The van der Waals surface area contributed by atoms with Crippen LogP contribution < -0.4 is 4.74 Å². The molecule has 0 bridgehead atoms. The lowest BCUT2D eigenvalue weighted by atomic mass is 9.98. The molecule has 0 atom stereocenters. The Morgan fingerprint density at radius 1 is 1.08 bits per heavy atom. The second-order valence-corrected chi connectivity index (χ2v) is 7.84. The molecule has 0 saturated heterocycles. The van der Waals surface area contributed by atoms with Crippen molar-refractivity contribution in [2.45, 2.75) is 25.7 Å². The Morgan fingerprint density at radius 3 is 2.38 bits per heavy atom. The van der Waals surface area contributed by atoms with Gasteiger partial charge in [-0.25, -0.2) is 13.2 Å². The lowest BCUT2D eigenvalue weighted by Crippen LogP contribution is -2.10. The number of carbonyl (C=O) groups is 1. The van der Waals surface area contributed by atoms with Crippen LogP contribution in [-0.2, 0) is 14.6 Å². The summed E-state index contributed by atoms with van der Waals surface area (Å²) in [5, 5.41) is 8.81. The highest BCUT2D eigenvalue weighted by molar-refractivity contribution is 7.91. The van der Waals surface area contributed by atoms with Crippen LogP contribution in [0.5, 0.6) is 5.75 Å². The Kier molecular flexibility index (Phi) is 5.29. The average molecular weight is 348 g/mol. The van der Waals surface area contributed by atoms with E-state index in [-0.39, 0.29) is 10.6 Å². The van der Waals surface area contributed by atoms with Crippen LogP contribution in [0.3, 0.4) is 0 Å². The largest absolute Gasteiger partial charge is 0.481 e. The SMILES string of the molecule is CCS(=O)(=O)c1ccc(-c2cc(C)ccc2OCC(=O)O)c(C)c1. The topological polar surface area (TPSA) is 80.7 Å². The first-order chi connectivity index (χ1) is 11.2. The maximum Gasteiger partial charge on any atom is 0.341 e. The Morgan fingerprint density at radius 2 is 1.79 bits per heavy atom. The quantitative estimate of drug-likeness (QED) is 0.867. The van der Waals surface area contributed by atoms with Gasteiger partial charge in [0.05, 0.1) is 10.6 Å². The van der Waals surface area contributed by atoms with Crippen molar-refractivity contribution in [3.05, 3.63) is 47.5 Å².